The van der Waals surface area contributed by atoms with E-state index in [1.54, 1.807) is 0 Å². The first-order chi connectivity index (χ1) is 14.1. The molecular formula is C22H28N4O3. The lowest BCUT2D eigenvalue weighted by Crippen LogP contribution is -2.21. The largest absolute Gasteiger partial charge is 0.396 e. The summed E-state index contributed by atoms with van der Waals surface area (Å²) in [6.07, 6.45) is 5.29. The van der Waals surface area contributed by atoms with E-state index in [0.29, 0.717) is 25.0 Å². The standard InChI is InChI=1S/C22H28N4O3/c23-22(29)21-18(26(25-24-21)19-13-17(15-27)14-20(19)28)12-8-3-1-2-5-9-16-10-6-4-7-11-16/h4,6-7,10-11,17,19-20,27-28H,1-3,5,9,13-15H2,(H2,23,29)/t17-,19+,20+/m0/s1. The van der Waals surface area contributed by atoms with Crippen LogP contribution in [0.15, 0.2) is 30.3 Å². The van der Waals surface area contributed by atoms with Crippen LogP contribution in [0.4, 0.5) is 0 Å². The highest BCUT2D eigenvalue weighted by Gasteiger charge is 2.36. The molecule has 2 aromatic rings. The lowest BCUT2D eigenvalue weighted by atomic mass is 10.1. The van der Waals surface area contributed by atoms with Crippen LogP contribution in [0.2, 0.25) is 0 Å². The molecular weight excluding hydrogens is 368 g/mol. The molecule has 0 bridgehead atoms. The summed E-state index contributed by atoms with van der Waals surface area (Å²) in [6, 6.07) is 10.0. The van der Waals surface area contributed by atoms with Crippen LogP contribution in [-0.2, 0) is 6.42 Å². The number of carbonyl (C=O) groups excluding carboxylic acids is 1. The lowest BCUT2D eigenvalue weighted by Gasteiger charge is -2.15. The maximum Gasteiger partial charge on any atom is 0.272 e. The van der Waals surface area contributed by atoms with Crippen molar-refractivity contribution in [2.75, 3.05) is 6.61 Å². The number of hydrogen-bond donors (Lipinski definition) is 3. The Labute approximate surface area is 170 Å². The first-order valence-electron chi connectivity index (χ1n) is 10.2. The van der Waals surface area contributed by atoms with Gasteiger partial charge in [-0.25, -0.2) is 4.68 Å². The summed E-state index contributed by atoms with van der Waals surface area (Å²) >= 11 is 0. The number of rotatable bonds is 8. The molecule has 29 heavy (non-hydrogen) atoms. The maximum absolute atomic E-state index is 11.7. The van der Waals surface area contributed by atoms with Crippen molar-refractivity contribution in [1.82, 2.24) is 15.0 Å². The highest BCUT2D eigenvalue weighted by atomic mass is 16.3. The van der Waals surface area contributed by atoms with Crippen molar-refractivity contribution in [3.63, 3.8) is 0 Å². The predicted octanol–water partition coefficient (Wildman–Crippen LogP) is 1.84. The molecule has 4 N–H and O–H groups in total. The zero-order chi connectivity index (χ0) is 20.6. The van der Waals surface area contributed by atoms with Crippen molar-refractivity contribution in [2.45, 2.75) is 57.1 Å². The third-order valence-electron chi connectivity index (χ3n) is 5.41. The summed E-state index contributed by atoms with van der Waals surface area (Å²) in [5.74, 6) is 5.41. The van der Waals surface area contributed by atoms with Crippen LogP contribution < -0.4 is 5.73 Å². The summed E-state index contributed by atoms with van der Waals surface area (Å²) < 4.78 is 1.50. The van der Waals surface area contributed by atoms with E-state index in [1.165, 1.54) is 10.2 Å². The topological polar surface area (TPSA) is 114 Å². The zero-order valence-electron chi connectivity index (χ0n) is 16.5. The van der Waals surface area contributed by atoms with Gasteiger partial charge in [0.2, 0.25) is 0 Å². The van der Waals surface area contributed by atoms with E-state index in [2.05, 4.69) is 46.4 Å². The Morgan fingerprint density at radius 2 is 2.00 bits per heavy atom. The summed E-state index contributed by atoms with van der Waals surface area (Å²) in [7, 11) is 0. The van der Waals surface area contributed by atoms with Gasteiger partial charge in [0, 0.05) is 13.0 Å². The Morgan fingerprint density at radius 3 is 2.69 bits per heavy atom. The number of nitrogens with zero attached hydrogens (tertiary/aromatic N) is 3. The average Bonchev–Trinajstić information content (AvgIpc) is 3.31. The number of hydrogen-bond acceptors (Lipinski definition) is 5. The van der Waals surface area contributed by atoms with Gasteiger partial charge in [-0.15, -0.1) is 5.10 Å². The van der Waals surface area contributed by atoms with Crippen molar-refractivity contribution in [2.24, 2.45) is 11.7 Å². The number of benzene rings is 1. The van der Waals surface area contributed by atoms with Crippen LogP contribution in [0.3, 0.4) is 0 Å². The molecule has 7 nitrogen and oxygen atoms in total. The fourth-order valence-corrected chi connectivity index (χ4v) is 3.82. The highest BCUT2D eigenvalue weighted by molar-refractivity contribution is 5.92. The zero-order valence-corrected chi connectivity index (χ0v) is 16.5. The Hall–Kier alpha value is -2.69. The van der Waals surface area contributed by atoms with E-state index in [0.717, 1.165) is 25.7 Å². The van der Waals surface area contributed by atoms with Crippen LogP contribution in [-0.4, -0.2) is 43.8 Å². The molecule has 1 amide bonds. The third kappa shape index (κ3) is 5.43. The molecule has 0 radical (unpaired) electrons. The summed E-state index contributed by atoms with van der Waals surface area (Å²) in [5, 5.41) is 27.6. The van der Waals surface area contributed by atoms with Gasteiger partial charge in [0.25, 0.3) is 5.91 Å². The minimum Gasteiger partial charge on any atom is -0.396 e. The van der Waals surface area contributed by atoms with E-state index in [1.807, 2.05) is 6.07 Å². The van der Waals surface area contributed by atoms with Gasteiger partial charge in [-0.05, 0) is 49.5 Å². The van der Waals surface area contributed by atoms with Crippen molar-refractivity contribution >= 4 is 5.91 Å². The molecule has 0 aliphatic heterocycles. The molecule has 1 aromatic heterocycles. The monoisotopic (exact) mass is 396 g/mol. The predicted molar refractivity (Wildman–Crippen MR) is 109 cm³/mol. The van der Waals surface area contributed by atoms with Gasteiger partial charge in [0.1, 0.15) is 5.69 Å². The number of aliphatic hydroxyl groups is 2. The van der Waals surface area contributed by atoms with Crippen molar-refractivity contribution in [3.8, 4) is 11.8 Å². The highest BCUT2D eigenvalue weighted by Crippen LogP contribution is 2.35. The van der Waals surface area contributed by atoms with Gasteiger partial charge in [-0.1, -0.05) is 47.9 Å². The minimum atomic E-state index is -0.686. The Bertz CT molecular complexity index is 869. The molecule has 7 heteroatoms. The van der Waals surface area contributed by atoms with Gasteiger partial charge < -0.3 is 15.9 Å². The molecule has 0 saturated heterocycles. The third-order valence-corrected chi connectivity index (χ3v) is 5.41. The van der Waals surface area contributed by atoms with E-state index < -0.39 is 12.0 Å². The number of aliphatic hydroxyl groups excluding tert-OH is 2. The molecule has 1 aromatic carbocycles. The van der Waals surface area contributed by atoms with Gasteiger partial charge in [0.05, 0.1) is 12.1 Å². The first kappa shape index (κ1) is 21.0. The second kappa shape index (κ2) is 10.2. The minimum absolute atomic E-state index is 0.00153. The van der Waals surface area contributed by atoms with Crippen LogP contribution in [0.1, 0.15) is 66.3 Å². The Kier molecular flexibility index (Phi) is 7.39. The number of amides is 1. The molecule has 1 aliphatic rings. The van der Waals surface area contributed by atoms with E-state index in [9.17, 15) is 15.0 Å². The van der Waals surface area contributed by atoms with E-state index in [4.69, 9.17) is 5.73 Å². The number of unbranched alkanes of at least 4 members (excludes halogenated alkanes) is 3. The molecule has 154 valence electrons. The van der Waals surface area contributed by atoms with Crippen LogP contribution in [0.5, 0.6) is 0 Å². The van der Waals surface area contributed by atoms with Gasteiger partial charge >= 0.3 is 0 Å². The summed E-state index contributed by atoms with van der Waals surface area (Å²) in [5.41, 5.74) is 7.14. The average molecular weight is 396 g/mol. The number of aromatic nitrogens is 3. The summed E-state index contributed by atoms with van der Waals surface area (Å²) in [6.45, 7) is 0.00886. The van der Waals surface area contributed by atoms with Crippen LogP contribution in [0.25, 0.3) is 0 Å². The fourth-order valence-electron chi connectivity index (χ4n) is 3.82. The van der Waals surface area contributed by atoms with Gasteiger partial charge in [-0.3, -0.25) is 4.79 Å². The number of primary amides is 1. The molecule has 1 heterocycles. The smallest absolute Gasteiger partial charge is 0.272 e. The SMILES string of the molecule is NC(=O)c1nnn([C@@H]2C[C@H](CO)C[C@H]2O)c1C#CCCCCCc1ccccc1. The molecule has 0 unspecified atom stereocenters. The Morgan fingerprint density at radius 1 is 1.21 bits per heavy atom. The number of aryl methyl sites for hydroxylation is 1. The van der Waals surface area contributed by atoms with Crippen LogP contribution >= 0.6 is 0 Å². The Balaban J connectivity index is 1.58. The second-order valence-corrected chi connectivity index (χ2v) is 7.60. The fraction of sp³-hybridized carbons (Fsp3) is 0.500. The normalized spacial score (nSPS) is 21.0. The van der Waals surface area contributed by atoms with Gasteiger partial charge in [0.15, 0.2) is 5.69 Å². The maximum atomic E-state index is 11.7. The van der Waals surface area contributed by atoms with Crippen molar-refractivity contribution in [1.29, 1.82) is 0 Å². The molecule has 3 atom stereocenters. The number of nitrogens with two attached hydrogens (primary N) is 1. The van der Waals surface area contributed by atoms with Crippen LogP contribution in [0, 0.1) is 17.8 Å². The number of carbonyl (C=O) groups is 1. The van der Waals surface area contributed by atoms with Gasteiger partial charge in [-0.2, -0.15) is 0 Å². The first-order valence-corrected chi connectivity index (χ1v) is 10.2. The molecule has 3 rings (SSSR count). The second-order valence-electron chi connectivity index (χ2n) is 7.60. The lowest BCUT2D eigenvalue weighted by molar-refractivity contribution is 0.0994. The van der Waals surface area contributed by atoms with Crippen molar-refractivity contribution in [3.05, 3.63) is 47.3 Å². The van der Waals surface area contributed by atoms with E-state index >= 15 is 0 Å². The molecule has 1 saturated carbocycles. The van der Waals surface area contributed by atoms with E-state index in [-0.39, 0.29) is 24.3 Å². The quantitative estimate of drug-likeness (QED) is 0.465. The summed E-state index contributed by atoms with van der Waals surface area (Å²) in [4.78, 5) is 11.7. The molecule has 0 spiro atoms. The van der Waals surface area contributed by atoms with Crippen molar-refractivity contribution < 1.29 is 15.0 Å². The molecule has 1 aliphatic carbocycles. The molecule has 1 fully saturated rings.